The molecule has 0 spiro atoms. The maximum absolute atomic E-state index is 13.0. The van der Waals surface area contributed by atoms with Crippen molar-refractivity contribution in [1.29, 1.82) is 0 Å². The third-order valence-corrected chi connectivity index (χ3v) is 16.0. The van der Waals surface area contributed by atoms with Gasteiger partial charge in [0, 0.05) is 19.3 Å². The highest BCUT2D eigenvalue weighted by molar-refractivity contribution is 7.47. The van der Waals surface area contributed by atoms with Crippen LogP contribution in [0.25, 0.3) is 0 Å². The van der Waals surface area contributed by atoms with E-state index < -0.39 is 91.5 Å². The maximum Gasteiger partial charge on any atom is 0.472 e. The molecule has 0 saturated heterocycles. The summed E-state index contributed by atoms with van der Waals surface area (Å²) in [4.78, 5) is 58.5. The van der Waals surface area contributed by atoms with E-state index in [1.165, 1.54) is 0 Å². The molecule has 548 valence electrons. The van der Waals surface area contributed by atoms with Crippen molar-refractivity contribution in [1.82, 2.24) is 0 Å². The van der Waals surface area contributed by atoms with E-state index in [4.69, 9.17) is 32.3 Å². The molecule has 0 rings (SSSR count). The molecular formula is C79H126O16P2. The number of hydrogen-bond acceptors (Lipinski definition) is 14. The first-order chi connectivity index (χ1) is 47.2. The third kappa shape index (κ3) is 71.7. The molecule has 0 aliphatic rings. The monoisotopic (exact) mass is 1390 g/mol. The summed E-state index contributed by atoms with van der Waals surface area (Å²) in [6.07, 6.45) is 89.4. The van der Waals surface area contributed by atoms with Crippen LogP contribution in [-0.4, -0.2) is 95.9 Å². The van der Waals surface area contributed by atoms with Gasteiger partial charge in [0.1, 0.15) is 25.4 Å². The lowest BCUT2D eigenvalue weighted by Gasteiger charge is -2.21. The Bertz CT molecular complexity index is 2490. The van der Waals surface area contributed by atoms with Gasteiger partial charge in [-0.05, 0) is 154 Å². The zero-order chi connectivity index (χ0) is 70.9. The number of aliphatic hydroxyl groups is 2. The fraction of sp³-hybridized carbons (Fsp3) is 0.582. The number of phosphoric acid groups is 2. The highest BCUT2D eigenvalue weighted by atomic mass is 31.2. The number of phosphoric ester groups is 2. The van der Waals surface area contributed by atoms with Gasteiger partial charge >= 0.3 is 33.6 Å². The fourth-order valence-electron chi connectivity index (χ4n) is 8.71. The maximum atomic E-state index is 13.0. The van der Waals surface area contributed by atoms with E-state index in [2.05, 4.69) is 203 Å². The number of esters is 3. The Morgan fingerprint density at radius 2 is 0.515 bits per heavy atom. The molecule has 0 fully saturated rings. The predicted molar refractivity (Wildman–Crippen MR) is 398 cm³/mol. The van der Waals surface area contributed by atoms with E-state index in [0.717, 1.165) is 180 Å². The second-order valence-corrected chi connectivity index (χ2v) is 26.1. The molecule has 97 heavy (non-hydrogen) atoms. The molecule has 0 aromatic heterocycles. The van der Waals surface area contributed by atoms with Gasteiger partial charge in [-0.3, -0.25) is 32.5 Å². The highest BCUT2D eigenvalue weighted by Crippen LogP contribution is 2.45. The first-order valence-corrected chi connectivity index (χ1v) is 39.1. The van der Waals surface area contributed by atoms with Gasteiger partial charge in [-0.1, -0.05) is 248 Å². The van der Waals surface area contributed by atoms with Crippen molar-refractivity contribution < 1.29 is 75.8 Å². The Kier molecular flexibility index (Phi) is 66.6. The average Bonchev–Trinajstić information content (AvgIpc) is 1.65. The number of carbonyl (C=O) groups excluding carboxylic acids is 3. The molecule has 18 heteroatoms. The molecule has 0 radical (unpaired) electrons. The minimum Gasteiger partial charge on any atom is -0.463 e. The van der Waals surface area contributed by atoms with E-state index in [1.807, 2.05) is 0 Å². The summed E-state index contributed by atoms with van der Waals surface area (Å²) in [5, 5.41) is 20.6. The summed E-state index contributed by atoms with van der Waals surface area (Å²) < 4.78 is 60.9. The highest BCUT2D eigenvalue weighted by Gasteiger charge is 2.29. The van der Waals surface area contributed by atoms with Crippen LogP contribution >= 0.6 is 15.6 Å². The summed E-state index contributed by atoms with van der Waals surface area (Å²) in [5.74, 6) is -1.68. The van der Waals surface area contributed by atoms with Gasteiger partial charge in [0.2, 0.25) is 0 Å². The molecule has 0 aliphatic heterocycles. The Morgan fingerprint density at radius 3 is 0.835 bits per heavy atom. The molecule has 0 aromatic carbocycles. The van der Waals surface area contributed by atoms with Crippen molar-refractivity contribution in [2.24, 2.45) is 0 Å². The van der Waals surface area contributed by atoms with E-state index in [-0.39, 0.29) is 19.3 Å². The molecule has 4 N–H and O–H groups in total. The topological polar surface area (TPSA) is 231 Å². The zero-order valence-electron chi connectivity index (χ0n) is 59.4. The second-order valence-electron chi connectivity index (χ2n) is 23.2. The van der Waals surface area contributed by atoms with Gasteiger partial charge in [-0.2, -0.15) is 0 Å². The Morgan fingerprint density at radius 1 is 0.289 bits per heavy atom. The minimum atomic E-state index is -4.96. The molecule has 0 heterocycles. The van der Waals surface area contributed by atoms with Crippen molar-refractivity contribution in [3.8, 4) is 0 Å². The van der Waals surface area contributed by atoms with E-state index in [0.29, 0.717) is 19.3 Å². The molecule has 0 aliphatic carbocycles. The number of unbranched alkanes of at least 4 members (excludes halogenated alkanes) is 13. The van der Waals surface area contributed by atoms with Crippen molar-refractivity contribution in [2.75, 3.05) is 39.6 Å². The van der Waals surface area contributed by atoms with Crippen LogP contribution in [0.15, 0.2) is 182 Å². The summed E-state index contributed by atoms with van der Waals surface area (Å²) in [5.41, 5.74) is 0. The van der Waals surface area contributed by atoms with E-state index in [1.54, 1.807) is 0 Å². The number of carbonyl (C=O) groups is 3. The normalized spacial score (nSPS) is 15.2. The molecule has 0 aromatic rings. The van der Waals surface area contributed by atoms with Gasteiger partial charge in [-0.15, -0.1) is 0 Å². The zero-order valence-corrected chi connectivity index (χ0v) is 61.2. The number of ether oxygens (including phenoxy) is 3. The van der Waals surface area contributed by atoms with Gasteiger partial charge in [0.05, 0.1) is 26.4 Å². The average molecular weight is 1390 g/mol. The largest absolute Gasteiger partial charge is 0.472 e. The SMILES string of the molecule is CC/C=C\C/C=C\C/C=C\C/C=C\C/C=C\C/C=C\CCCCC(=O)OCC(COP(=O)(O)OCC(O)COP(=O)(O)OCC(O)COC(=O)CCCCCCCCC/C=C\C/C=C\C/C=C\C/C=C\C/C=C\CC)OC(=O)CCCCCC/C=C\C/C=C\C/C=C\C/C=C\CC. The van der Waals surface area contributed by atoms with Crippen LogP contribution in [0.4, 0.5) is 0 Å². The van der Waals surface area contributed by atoms with Crippen molar-refractivity contribution >= 4 is 33.6 Å². The minimum absolute atomic E-state index is 0.0584. The standard InChI is InChI=1S/C79H126O16P2/c1-4-7-10-13-16-19-22-25-28-31-33-35-36-38-40-42-44-47-50-53-56-59-62-65-77(82)89-68-74(80)69-91-96(85,86)92-70-75(81)71-93-97(87,88)94-73-76(95-79(84)67-64-61-58-55-52-49-46-41-30-27-24-21-18-15-12-9-6-3)72-90-78(83)66-63-60-57-54-51-48-45-43-39-37-34-32-29-26-23-20-17-14-11-8-5-2/h7-12,16-21,25-30,33-35,37-38,40,43,45-46,49,51,54,74-76,80-81H,4-6,13-15,22-24,31-32,36,39,41-42,44,47-48,50,52-53,55-73H2,1-3H3,(H,85,86)(H,87,88)/b10-7-,11-8-,12-9-,19-16-,20-17-,21-18-,28-25-,29-26-,30-27-,35-33-,37-34-,40-38-,45-43-,49-46-,54-51-. The molecule has 0 amide bonds. The van der Waals surface area contributed by atoms with Crippen molar-refractivity contribution in [3.63, 3.8) is 0 Å². The van der Waals surface area contributed by atoms with Crippen LogP contribution in [0.1, 0.15) is 239 Å². The Labute approximate surface area is 585 Å². The van der Waals surface area contributed by atoms with E-state index >= 15 is 0 Å². The summed E-state index contributed by atoms with van der Waals surface area (Å²) in [6, 6.07) is 0. The number of allylic oxidation sites excluding steroid dienone is 30. The molecule has 16 nitrogen and oxygen atoms in total. The second kappa shape index (κ2) is 70.5. The number of aliphatic hydroxyl groups excluding tert-OH is 2. The van der Waals surface area contributed by atoms with Crippen LogP contribution in [0.2, 0.25) is 0 Å². The van der Waals surface area contributed by atoms with Crippen LogP contribution in [0.3, 0.4) is 0 Å². The molecule has 0 saturated carbocycles. The summed E-state index contributed by atoms with van der Waals surface area (Å²) >= 11 is 0. The number of rotatable bonds is 66. The lowest BCUT2D eigenvalue weighted by atomic mass is 10.1. The summed E-state index contributed by atoms with van der Waals surface area (Å²) in [7, 11) is -9.83. The third-order valence-electron chi connectivity index (χ3n) is 14.1. The van der Waals surface area contributed by atoms with Gasteiger partial charge in [-0.25, -0.2) is 9.13 Å². The Balaban J connectivity index is 4.76. The van der Waals surface area contributed by atoms with Crippen LogP contribution in [-0.2, 0) is 55.8 Å². The smallest absolute Gasteiger partial charge is 0.463 e. The van der Waals surface area contributed by atoms with E-state index in [9.17, 15) is 43.5 Å². The molecule has 5 unspecified atom stereocenters. The lowest BCUT2D eigenvalue weighted by molar-refractivity contribution is -0.161. The van der Waals surface area contributed by atoms with Gasteiger partial charge < -0.3 is 34.2 Å². The number of hydrogen-bond donors (Lipinski definition) is 4. The van der Waals surface area contributed by atoms with Gasteiger partial charge in [0.25, 0.3) is 0 Å². The van der Waals surface area contributed by atoms with Crippen LogP contribution in [0, 0.1) is 0 Å². The molecule has 0 bridgehead atoms. The van der Waals surface area contributed by atoms with Crippen LogP contribution in [0.5, 0.6) is 0 Å². The van der Waals surface area contributed by atoms with Crippen LogP contribution < -0.4 is 0 Å². The first kappa shape index (κ1) is 91.6. The molecule has 5 atom stereocenters. The Hall–Kier alpha value is -5.35. The summed E-state index contributed by atoms with van der Waals surface area (Å²) in [6.45, 7) is 2.20. The van der Waals surface area contributed by atoms with Crippen molar-refractivity contribution in [2.45, 2.75) is 257 Å². The van der Waals surface area contributed by atoms with Gasteiger partial charge in [0.15, 0.2) is 6.10 Å². The lowest BCUT2D eigenvalue weighted by Crippen LogP contribution is -2.30. The predicted octanol–water partition coefficient (Wildman–Crippen LogP) is 20.6. The molecular weight excluding hydrogens is 1270 g/mol. The quantitative estimate of drug-likeness (QED) is 0.0146. The first-order valence-electron chi connectivity index (χ1n) is 36.1. The van der Waals surface area contributed by atoms with Crippen molar-refractivity contribution in [3.05, 3.63) is 182 Å². The fourth-order valence-corrected chi connectivity index (χ4v) is 10.3.